The van der Waals surface area contributed by atoms with Crippen molar-refractivity contribution in [3.05, 3.63) is 75.1 Å². The number of aryl methyl sites for hydroxylation is 3. The quantitative estimate of drug-likeness (QED) is 0.497. The van der Waals surface area contributed by atoms with Gasteiger partial charge in [-0.15, -0.1) is 0 Å². The number of anilines is 1. The Hall–Kier alpha value is -2.70. The third-order valence-electron chi connectivity index (χ3n) is 6.88. The minimum Gasteiger partial charge on any atom is -0.343 e. The van der Waals surface area contributed by atoms with Crippen LogP contribution >= 0.6 is 12.2 Å². The molecule has 2 aromatic carbocycles. The number of hydrogen-bond acceptors (Lipinski definition) is 3. The van der Waals surface area contributed by atoms with Crippen LogP contribution in [0.4, 0.5) is 5.69 Å². The minimum absolute atomic E-state index is 0.0432. The molecule has 2 N–H and O–H groups in total. The van der Waals surface area contributed by atoms with Crippen molar-refractivity contribution in [2.75, 3.05) is 25.0 Å². The van der Waals surface area contributed by atoms with Crippen molar-refractivity contribution < 1.29 is 0 Å². The molecule has 3 aromatic rings. The molecule has 33 heavy (non-hydrogen) atoms. The summed E-state index contributed by atoms with van der Waals surface area (Å²) in [5.74, 6) is 0. The van der Waals surface area contributed by atoms with Crippen LogP contribution in [0.3, 0.4) is 0 Å². The summed E-state index contributed by atoms with van der Waals surface area (Å²) < 4.78 is 0. The Balaban J connectivity index is 1.64. The van der Waals surface area contributed by atoms with E-state index in [9.17, 15) is 4.79 Å². The van der Waals surface area contributed by atoms with Crippen molar-refractivity contribution in [2.24, 2.45) is 0 Å². The molecule has 0 aliphatic carbocycles. The van der Waals surface area contributed by atoms with Gasteiger partial charge in [0.15, 0.2) is 5.11 Å². The van der Waals surface area contributed by atoms with Gasteiger partial charge in [-0.25, -0.2) is 0 Å². The Bertz CT molecular complexity index is 1220. The SMILES string of the molecule is CCN1CCC[C@H]1CN(Cc1cc2ccc(C)c(C)c2[nH]c1=O)C(=S)Nc1cccc(C)c1. The van der Waals surface area contributed by atoms with Crippen LogP contribution in [0, 0.1) is 20.8 Å². The van der Waals surface area contributed by atoms with Gasteiger partial charge < -0.3 is 15.2 Å². The zero-order chi connectivity index (χ0) is 23.5. The van der Waals surface area contributed by atoms with E-state index >= 15 is 0 Å². The van der Waals surface area contributed by atoms with E-state index in [1.165, 1.54) is 17.5 Å². The largest absolute Gasteiger partial charge is 0.343 e. The number of nitrogens with one attached hydrogen (secondary N) is 2. The topological polar surface area (TPSA) is 51.4 Å². The van der Waals surface area contributed by atoms with Crippen LogP contribution in [0.5, 0.6) is 0 Å². The number of rotatable bonds is 6. The molecule has 1 fully saturated rings. The maximum Gasteiger partial charge on any atom is 0.253 e. The van der Waals surface area contributed by atoms with E-state index in [0.717, 1.165) is 53.8 Å². The number of H-pyrrole nitrogens is 1. The van der Waals surface area contributed by atoms with Crippen LogP contribution < -0.4 is 10.9 Å². The fraction of sp³-hybridized carbons (Fsp3) is 0.407. The van der Waals surface area contributed by atoms with Crippen LogP contribution in [0.25, 0.3) is 10.9 Å². The Labute approximate surface area is 201 Å². The van der Waals surface area contributed by atoms with Crippen molar-refractivity contribution >= 4 is 33.9 Å². The predicted molar refractivity (Wildman–Crippen MR) is 142 cm³/mol. The molecule has 1 aromatic heterocycles. The Morgan fingerprint density at radius 1 is 1.21 bits per heavy atom. The maximum atomic E-state index is 13.1. The normalized spacial score (nSPS) is 16.3. The Morgan fingerprint density at radius 3 is 2.79 bits per heavy atom. The second-order valence-electron chi connectivity index (χ2n) is 9.20. The third-order valence-corrected chi connectivity index (χ3v) is 7.24. The predicted octanol–water partition coefficient (Wildman–Crippen LogP) is 5.14. The van der Waals surface area contributed by atoms with E-state index in [0.29, 0.717) is 17.7 Å². The summed E-state index contributed by atoms with van der Waals surface area (Å²) in [5.41, 5.74) is 6.06. The minimum atomic E-state index is -0.0432. The average molecular weight is 463 g/mol. The molecular weight excluding hydrogens is 428 g/mol. The molecule has 0 radical (unpaired) electrons. The summed E-state index contributed by atoms with van der Waals surface area (Å²) in [6.45, 7) is 11.8. The van der Waals surface area contributed by atoms with E-state index in [2.05, 4.69) is 72.1 Å². The molecular formula is C27H34N4OS. The summed E-state index contributed by atoms with van der Waals surface area (Å²) in [7, 11) is 0. The molecule has 0 spiro atoms. The highest BCUT2D eigenvalue weighted by atomic mass is 32.1. The number of benzene rings is 2. The monoisotopic (exact) mass is 462 g/mol. The van der Waals surface area contributed by atoms with Gasteiger partial charge in [-0.05, 0) is 99.2 Å². The smallest absolute Gasteiger partial charge is 0.253 e. The Kier molecular flexibility index (Phi) is 7.15. The van der Waals surface area contributed by atoms with Gasteiger partial charge in [0.2, 0.25) is 0 Å². The van der Waals surface area contributed by atoms with Gasteiger partial charge in [-0.2, -0.15) is 0 Å². The van der Waals surface area contributed by atoms with E-state index < -0.39 is 0 Å². The molecule has 1 atom stereocenters. The molecule has 0 unspecified atom stereocenters. The lowest BCUT2D eigenvalue weighted by atomic mass is 10.0. The zero-order valence-corrected chi connectivity index (χ0v) is 20.9. The average Bonchev–Trinajstić information content (AvgIpc) is 3.24. The molecule has 2 heterocycles. The highest BCUT2D eigenvalue weighted by Gasteiger charge is 2.26. The number of nitrogens with zero attached hydrogens (tertiary/aromatic N) is 2. The second kappa shape index (κ2) is 10.1. The zero-order valence-electron chi connectivity index (χ0n) is 20.1. The van der Waals surface area contributed by atoms with E-state index in [1.807, 2.05) is 18.2 Å². The van der Waals surface area contributed by atoms with Gasteiger partial charge >= 0.3 is 0 Å². The van der Waals surface area contributed by atoms with Crippen molar-refractivity contribution in [1.29, 1.82) is 0 Å². The van der Waals surface area contributed by atoms with Crippen LogP contribution in [-0.4, -0.2) is 45.6 Å². The molecule has 0 amide bonds. The van der Waals surface area contributed by atoms with Gasteiger partial charge in [0.25, 0.3) is 5.56 Å². The summed E-state index contributed by atoms with van der Waals surface area (Å²) in [4.78, 5) is 20.9. The van der Waals surface area contributed by atoms with Crippen molar-refractivity contribution in [2.45, 2.75) is 53.1 Å². The van der Waals surface area contributed by atoms with Gasteiger partial charge in [0, 0.05) is 23.8 Å². The molecule has 4 rings (SSSR count). The molecule has 1 aliphatic rings. The molecule has 174 valence electrons. The number of likely N-dealkylation sites (N-methyl/N-ethyl adjacent to an activating group) is 1. The molecule has 6 heteroatoms. The lowest BCUT2D eigenvalue weighted by molar-refractivity contribution is 0.221. The number of aromatic nitrogens is 1. The standard InChI is InChI=1S/C27H34N4OS/c1-5-30-13-7-10-24(30)17-31(27(33)28-23-9-6-8-18(2)14-23)16-22-15-21-12-11-19(3)20(4)25(21)29-26(22)32/h6,8-9,11-12,14-15,24H,5,7,10,13,16-17H2,1-4H3,(H,28,33)(H,29,32)/t24-/m0/s1. The first kappa shape index (κ1) is 23.5. The number of likely N-dealkylation sites (tertiary alicyclic amines) is 1. The maximum absolute atomic E-state index is 13.1. The number of pyridine rings is 1. The van der Waals surface area contributed by atoms with Crippen molar-refractivity contribution in [1.82, 2.24) is 14.8 Å². The summed E-state index contributed by atoms with van der Waals surface area (Å²) >= 11 is 5.87. The lowest BCUT2D eigenvalue weighted by Crippen LogP contribution is -2.44. The molecule has 1 saturated heterocycles. The highest BCUT2D eigenvalue weighted by Crippen LogP contribution is 2.22. The molecule has 0 bridgehead atoms. The van der Waals surface area contributed by atoms with Gasteiger partial charge in [0.1, 0.15) is 0 Å². The van der Waals surface area contributed by atoms with Gasteiger partial charge in [-0.1, -0.05) is 31.2 Å². The van der Waals surface area contributed by atoms with Crippen molar-refractivity contribution in [3.8, 4) is 0 Å². The number of thiocarbonyl (C=S) groups is 1. The van der Waals surface area contributed by atoms with E-state index in [-0.39, 0.29) is 5.56 Å². The number of aromatic amines is 1. The van der Waals surface area contributed by atoms with Crippen LogP contribution in [0.1, 0.15) is 42.0 Å². The number of hydrogen-bond donors (Lipinski definition) is 2. The number of fused-ring (bicyclic) bond motifs is 1. The van der Waals surface area contributed by atoms with Crippen LogP contribution in [0.2, 0.25) is 0 Å². The fourth-order valence-electron chi connectivity index (χ4n) is 4.81. The molecule has 1 aliphatic heterocycles. The van der Waals surface area contributed by atoms with Crippen LogP contribution in [-0.2, 0) is 6.54 Å². The summed E-state index contributed by atoms with van der Waals surface area (Å²) in [5, 5.41) is 5.12. The lowest BCUT2D eigenvalue weighted by Gasteiger charge is -2.32. The van der Waals surface area contributed by atoms with E-state index in [1.54, 1.807) is 0 Å². The first-order chi connectivity index (χ1) is 15.9. The van der Waals surface area contributed by atoms with Crippen molar-refractivity contribution in [3.63, 3.8) is 0 Å². The van der Waals surface area contributed by atoms with Gasteiger partial charge in [0.05, 0.1) is 12.1 Å². The summed E-state index contributed by atoms with van der Waals surface area (Å²) in [6, 6.07) is 14.9. The highest BCUT2D eigenvalue weighted by molar-refractivity contribution is 7.80. The first-order valence-electron chi connectivity index (χ1n) is 11.8. The second-order valence-corrected chi connectivity index (χ2v) is 9.59. The third kappa shape index (κ3) is 5.28. The fourth-order valence-corrected chi connectivity index (χ4v) is 5.07. The first-order valence-corrected chi connectivity index (χ1v) is 12.2. The molecule has 5 nitrogen and oxygen atoms in total. The Morgan fingerprint density at radius 2 is 2.03 bits per heavy atom. The van der Waals surface area contributed by atoms with Crippen LogP contribution in [0.15, 0.2) is 47.3 Å². The van der Waals surface area contributed by atoms with E-state index in [4.69, 9.17) is 12.2 Å². The summed E-state index contributed by atoms with van der Waals surface area (Å²) in [6.07, 6.45) is 2.36. The van der Waals surface area contributed by atoms with Gasteiger partial charge in [-0.3, -0.25) is 9.69 Å². The molecule has 0 saturated carbocycles.